The van der Waals surface area contributed by atoms with Crippen LogP contribution in [0, 0.1) is 0 Å². The maximum Gasteiger partial charge on any atom is 0.143 e. The van der Waals surface area contributed by atoms with Gasteiger partial charge < -0.3 is 9.32 Å². The highest BCUT2D eigenvalue weighted by Gasteiger charge is 2.21. The number of fused-ring (bicyclic) bond motifs is 7. The van der Waals surface area contributed by atoms with E-state index >= 15 is 0 Å². The van der Waals surface area contributed by atoms with Crippen molar-refractivity contribution in [2.45, 2.75) is 0 Å². The molecule has 0 aliphatic heterocycles. The third-order valence-electron chi connectivity index (χ3n) is 11.2. The van der Waals surface area contributed by atoms with Crippen LogP contribution in [0.1, 0.15) is 0 Å². The van der Waals surface area contributed by atoms with Crippen LogP contribution in [0.5, 0.6) is 0 Å². The lowest BCUT2D eigenvalue weighted by Gasteiger charge is -2.30. The Kier molecular flexibility index (Phi) is 7.53. The first kappa shape index (κ1) is 32.0. The minimum Gasteiger partial charge on any atom is -0.455 e. The van der Waals surface area contributed by atoms with Crippen LogP contribution < -0.4 is 4.90 Å². The van der Waals surface area contributed by atoms with Gasteiger partial charge in [0, 0.05) is 33.0 Å². The van der Waals surface area contributed by atoms with Gasteiger partial charge >= 0.3 is 0 Å². The lowest BCUT2D eigenvalue weighted by atomic mass is 9.94. The monoisotopic (exact) mass is 713 g/mol. The number of anilines is 3. The standard InChI is InChI=1S/C54H35NO/c1-3-19-42-36(14-1)16-12-25-43(42)38-17-11-18-39(34-38)45-21-7-9-28-51(45)55(52-35-40-15-2-4-20-44(40)47-22-5-6-23-48(47)52)41-32-30-37(31-33-41)46-26-13-27-50-49-24-8-10-29-53(49)56-54(46)50/h1-35H. The van der Waals surface area contributed by atoms with E-state index in [9.17, 15) is 0 Å². The summed E-state index contributed by atoms with van der Waals surface area (Å²) in [5.41, 5.74) is 12.1. The van der Waals surface area contributed by atoms with E-state index in [1.165, 1.54) is 43.4 Å². The maximum atomic E-state index is 6.46. The molecule has 0 aliphatic carbocycles. The second-order valence-electron chi connectivity index (χ2n) is 14.4. The molecule has 11 aromatic rings. The molecule has 0 saturated carbocycles. The average Bonchev–Trinajstić information content (AvgIpc) is 3.66. The van der Waals surface area contributed by atoms with Crippen LogP contribution in [0.4, 0.5) is 17.1 Å². The van der Waals surface area contributed by atoms with Crippen molar-refractivity contribution >= 4 is 71.3 Å². The molecule has 0 bridgehead atoms. The summed E-state index contributed by atoms with van der Waals surface area (Å²) in [6.07, 6.45) is 0. The molecule has 0 unspecified atom stereocenters. The molecule has 0 radical (unpaired) electrons. The number of hydrogen-bond acceptors (Lipinski definition) is 2. The fraction of sp³-hybridized carbons (Fsp3) is 0. The summed E-state index contributed by atoms with van der Waals surface area (Å²) in [6, 6.07) is 76.6. The Morgan fingerprint density at radius 2 is 0.875 bits per heavy atom. The molecule has 0 aliphatic rings. The van der Waals surface area contributed by atoms with Crippen LogP contribution in [-0.4, -0.2) is 0 Å². The van der Waals surface area contributed by atoms with Crippen LogP contribution in [0.2, 0.25) is 0 Å². The van der Waals surface area contributed by atoms with Gasteiger partial charge in [-0.3, -0.25) is 0 Å². The highest BCUT2D eigenvalue weighted by atomic mass is 16.3. The Bertz CT molecular complexity index is 3260. The summed E-state index contributed by atoms with van der Waals surface area (Å²) in [6.45, 7) is 0. The molecule has 0 saturated heterocycles. The Morgan fingerprint density at radius 1 is 0.304 bits per heavy atom. The SMILES string of the molecule is c1cc(-c2ccccc2N(c2ccc(-c3cccc4c3oc3ccccc34)cc2)c2cc3ccccc3c3ccccc23)cc(-c2cccc3ccccc23)c1. The minimum atomic E-state index is 0.905. The lowest BCUT2D eigenvalue weighted by molar-refractivity contribution is 0.670. The summed E-state index contributed by atoms with van der Waals surface area (Å²) in [4.78, 5) is 2.44. The predicted molar refractivity (Wildman–Crippen MR) is 237 cm³/mol. The highest BCUT2D eigenvalue weighted by Crippen LogP contribution is 2.46. The number of furan rings is 1. The van der Waals surface area contributed by atoms with Gasteiger partial charge in [-0.25, -0.2) is 0 Å². The van der Waals surface area contributed by atoms with E-state index < -0.39 is 0 Å². The summed E-state index contributed by atoms with van der Waals surface area (Å²) in [7, 11) is 0. The molecule has 10 aromatic carbocycles. The van der Waals surface area contributed by atoms with Crippen LogP contribution in [0.3, 0.4) is 0 Å². The second-order valence-corrected chi connectivity index (χ2v) is 14.4. The van der Waals surface area contributed by atoms with E-state index in [2.05, 4.69) is 205 Å². The van der Waals surface area contributed by atoms with E-state index in [1.54, 1.807) is 0 Å². The summed E-state index contributed by atoms with van der Waals surface area (Å²) < 4.78 is 6.46. The van der Waals surface area contributed by atoms with Gasteiger partial charge in [-0.05, 0) is 85.6 Å². The quantitative estimate of drug-likeness (QED) is 0.160. The van der Waals surface area contributed by atoms with Crippen molar-refractivity contribution in [2.24, 2.45) is 0 Å². The first-order chi connectivity index (χ1) is 27.8. The number of benzene rings is 10. The molecule has 1 aromatic heterocycles. The summed E-state index contributed by atoms with van der Waals surface area (Å²) in [5, 5.41) is 9.64. The van der Waals surface area contributed by atoms with Crippen LogP contribution in [0.25, 0.3) is 87.6 Å². The van der Waals surface area contributed by atoms with Gasteiger partial charge in [0.05, 0.1) is 11.4 Å². The third kappa shape index (κ3) is 5.26. The zero-order valence-corrected chi connectivity index (χ0v) is 30.6. The van der Waals surface area contributed by atoms with E-state index in [4.69, 9.17) is 4.42 Å². The van der Waals surface area contributed by atoms with Crippen molar-refractivity contribution in [3.8, 4) is 33.4 Å². The number of hydrogen-bond donors (Lipinski definition) is 0. The van der Waals surface area contributed by atoms with Gasteiger partial charge in [0.1, 0.15) is 11.2 Å². The Hall–Kier alpha value is -7.42. The molecule has 56 heavy (non-hydrogen) atoms. The number of para-hydroxylation sites is 3. The molecule has 0 N–H and O–H groups in total. The highest BCUT2D eigenvalue weighted by molar-refractivity contribution is 6.15. The van der Waals surface area contributed by atoms with Crippen LogP contribution >= 0.6 is 0 Å². The Labute approximate surface area is 325 Å². The van der Waals surface area contributed by atoms with Gasteiger partial charge in [0.15, 0.2) is 0 Å². The molecule has 2 nitrogen and oxygen atoms in total. The van der Waals surface area contributed by atoms with E-state index in [0.29, 0.717) is 0 Å². The molecule has 0 fully saturated rings. The van der Waals surface area contributed by atoms with Crippen molar-refractivity contribution in [2.75, 3.05) is 4.90 Å². The van der Waals surface area contributed by atoms with Gasteiger partial charge in [-0.1, -0.05) is 176 Å². The maximum absolute atomic E-state index is 6.46. The Morgan fingerprint density at radius 3 is 1.73 bits per heavy atom. The van der Waals surface area contributed by atoms with Crippen molar-refractivity contribution in [1.82, 2.24) is 0 Å². The zero-order valence-electron chi connectivity index (χ0n) is 30.6. The van der Waals surface area contributed by atoms with Crippen molar-refractivity contribution in [1.29, 1.82) is 0 Å². The molecule has 11 rings (SSSR count). The smallest absolute Gasteiger partial charge is 0.143 e. The van der Waals surface area contributed by atoms with Gasteiger partial charge in [0.2, 0.25) is 0 Å². The summed E-state index contributed by atoms with van der Waals surface area (Å²) in [5.74, 6) is 0. The lowest BCUT2D eigenvalue weighted by Crippen LogP contribution is -2.12. The molecule has 1 heterocycles. The largest absolute Gasteiger partial charge is 0.455 e. The van der Waals surface area contributed by atoms with Gasteiger partial charge in [-0.2, -0.15) is 0 Å². The average molecular weight is 714 g/mol. The van der Waals surface area contributed by atoms with Crippen molar-refractivity contribution in [3.63, 3.8) is 0 Å². The minimum absolute atomic E-state index is 0.905. The van der Waals surface area contributed by atoms with E-state index in [1.807, 2.05) is 12.1 Å². The third-order valence-corrected chi connectivity index (χ3v) is 11.2. The first-order valence-corrected chi connectivity index (χ1v) is 19.2. The fourth-order valence-corrected chi connectivity index (χ4v) is 8.64. The zero-order chi connectivity index (χ0) is 37.0. The van der Waals surface area contributed by atoms with Gasteiger partial charge in [0.25, 0.3) is 0 Å². The molecule has 0 amide bonds. The van der Waals surface area contributed by atoms with Crippen molar-refractivity contribution in [3.05, 3.63) is 212 Å². The van der Waals surface area contributed by atoms with E-state index in [0.717, 1.165) is 61.3 Å². The second kappa shape index (κ2) is 13.2. The molecular formula is C54H35NO. The van der Waals surface area contributed by atoms with E-state index in [-0.39, 0.29) is 0 Å². The summed E-state index contributed by atoms with van der Waals surface area (Å²) >= 11 is 0. The number of nitrogens with zero attached hydrogens (tertiary/aromatic N) is 1. The molecule has 262 valence electrons. The molecular weight excluding hydrogens is 679 g/mol. The van der Waals surface area contributed by atoms with Crippen molar-refractivity contribution < 1.29 is 4.42 Å². The van der Waals surface area contributed by atoms with Crippen LogP contribution in [0.15, 0.2) is 217 Å². The topological polar surface area (TPSA) is 16.4 Å². The van der Waals surface area contributed by atoms with Gasteiger partial charge in [-0.15, -0.1) is 0 Å². The first-order valence-electron chi connectivity index (χ1n) is 19.2. The Balaban J connectivity index is 1.11. The molecule has 2 heteroatoms. The number of rotatable bonds is 6. The normalized spacial score (nSPS) is 11.6. The fourth-order valence-electron chi connectivity index (χ4n) is 8.64. The molecule has 0 spiro atoms. The van der Waals surface area contributed by atoms with Crippen LogP contribution in [-0.2, 0) is 0 Å². The molecule has 0 atom stereocenters. The predicted octanol–water partition coefficient (Wildman–Crippen LogP) is 15.5.